The first-order valence-corrected chi connectivity index (χ1v) is 10.8. The Morgan fingerprint density at radius 3 is 2.78 bits per heavy atom. The maximum Gasteiger partial charge on any atom is 0.240 e. The van der Waals surface area contributed by atoms with Crippen LogP contribution in [-0.4, -0.2) is 38.0 Å². The Balaban J connectivity index is 1.39. The highest BCUT2D eigenvalue weighted by Gasteiger charge is 2.19. The molecular formula is C18H19N3O4S2. The van der Waals surface area contributed by atoms with Gasteiger partial charge in [-0.05, 0) is 30.7 Å². The van der Waals surface area contributed by atoms with Crippen LogP contribution in [0.2, 0.25) is 0 Å². The first-order chi connectivity index (χ1) is 13.0. The van der Waals surface area contributed by atoms with E-state index in [1.54, 1.807) is 22.1 Å². The minimum absolute atomic E-state index is 0.175. The Bertz CT molecular complexity index is 1060. The van der Waals surface area contributed by atoms with Gasteiger partial charge in [-0.1, -0.05) is 0 Å². The van der Waals surface area contributed by atoms with Gasteiger partial charge in [-0.3, -0.25) is 4.68 Å². The van der Waals surface area contributed by atoms with E-state index in [0.717, 1.165) is 15.3 Å². The number of aromatic nitrogens is 2. The molecule has 3 aromatic rings. The molecule has 1 aliphatic heterocycles. The van der Waals surface area contributed by atoms with Crippen LogP contribution in [0.3, 0.4) is 0 Å². The van der Waals surface area contributed by atoms with Crippen LogP contribution in [0, 0.1) is 0 Å². The summed E-state index contributed by atoms with van der Waals surface area (Å²) < 4.78 is 40.3. The number of hydrogen-bond donors (Lipinski definition) is 1. The number of thiophene rings is 1. The predicted octanol–water partition coefficient (Wildman–Crippen LogP) is 2.44. The molecule has 9 heteroatoms. The molecule has 1 aliphatic rings. The molecule has 0 fully saturated rings. The van der Waals surface area contributed by atoms with Gasteiger partial charge in [0.15, 0.2) is 11.5 Å². The highest BCUT2D eigenvalue weighted by molar-refractivity contribution is 7.89. The lowest BCUT2D eigenvalue weighted by molar-refractivity contribution is 0.171. The van der Waals surface area contributed by atoms with E-state index in [4.69, 9.17) is 9.47 Å². The predicted molar refractivity (Wildman–Crippen MR) is 103 cm³/mol. The van der Waals surface area contributed by atoms with Crippen molar-refractivity contribution in [1.29, 1.82) is 0 Å². The summed E-state index contributed by atoms with van der Waals surface area (Å²) in [6.45, 7) is 1.21. The molecule has 0 atom stereocenters. The zero-order valence-corrected chi connectivity index (χ0v) is 16.3. The fraction of sp³-hybridized carbons (Fsp3) is 0.278. The number of fused-ring (bicyclic) bond motifs is 1. The van der Waals surface area contributed by atoms with Crippen LogP contribution in [0.5, 0.6) is 11.5 Å². The molecule has 142 valence electrons. The van der Waals surface area contributed by atoms with Crippen LogP contribution in [-0.2, 0) is 23.5 Å². The van der Waals surface area contributed by atoms with Crippen molar-refractivity contribution in [2.24, 2.45) is 7.05 Å². The van der Waals surface area contributed by atoms with Crippen LogP contribution < -0.4 is 14.2 Å². The van der Waals surface area contributed by atoms with Gasteiger partial charge in [-0.15, -0.1) is 11.3 Å². The van der Waals surface area contributed by atoms with Crippen molar-refractivity contribution in [2.75, 3.05) is 19.8 Å². The summed E-state index contributed by atoms with van der Waals surface area (Å²) in [6.07, 6.45) is 4.40. The number of rotatable bonds is 6. The van der Waals surface area contributed by atoms with Gasteiger partial charge in [-0.25, -0.2) is 13.1 Å². The minimum Gasteiger partial charge on any atom is -0.486 e. The Morgan fingerprint density at radius 1 is 1.19 bits per heavy atom. The smallest absolute Gasteiger partial charge is 0.240 e. The van der Waals surface area contributed by atoms with Crippen molar-refractivity contribution in [3.8, 4) is 21.9 Å². The van der Waals surface area contributed by atoms with Gasteiger partial charge in [0.25, 0.3) is 0 Å². The van der Waals surface area contributed by atoms with E-state index in [2.05, 4.69) is 9.82 Å². The van der Waals surface area contributed by atoms with E-state index in [9.17, 15) is 8.42 Å². The van der Waals surface area contributed by atoms with Crippen molar-refractivity contribution >= 4 is 21.4 Å². The van der Waals surface area contributed by atoms with Gasteiger partial charge in [0.1, 0.15) is 13.2 Å². The standard InChI is InChI=1S/C18H19N3O4S2/c1-21-12-13(11-19-21)18-5-2-14(26-18)6-7-20-27(22,23)15-3-4-16-17(10-15)25-9-8-24-16/h2-5,10-12,20H,6-9H2,1H3. The Morgan fingerprint density at radius 2 is 2.00 bits per heavy atom. The fourth-order valence-electron chi connectivity index (χ4n) is 2.80. The van der Waals surface area contributed by atoms with E-state index >= 15 is 0 Å². The largest absolute Gasteiger partial charge is 0.486 e. The second-order valence-electron chi connectivity index (χ2n) is 6.12. The molecule has 0 amide bonds. The molecule has 0 unspecified atom stereocenters. The molecule has 7 nitrogen and oxygen atoms in total. The van der Waals surface area contributed by atoms with E-state index in [1.165, 1.54) is 12.1 Å². The Hall–Kier alpha value is -2.36. The summed E-state index contributed by atoms with van der Waals surface area (Å²) in [6, 6.07) is 8.71. The lowest BCUT2D eigenvalue weighted by atomic mass is 10.3. The van der Waals surface area contributed by atoms with Crippen molar-refractivity contribution in [3.63, 3.8) is 0 Å². The topological polar surface area (TPSA) is 82.5 Å². The van der Waals surface area contributed by atoms with Gasteiger partial charge >= 0.3 is 0 Å². The second-order valence-corrected chi connectivity index (χ2v) is 9.06. The molecule has 0 saturated carbocycles. The highest BCUT2D eigenvalue weighted by Crippen LogP contribution is 2.32. The zero-order valence-electron chi connectivity index (χ0n) is 14.7. The number of hydrogen-bond acceptors (Lipinski definition) is 6. The van der Waals surface area contributed by atoms with E-state index in [1.807, 2.05) is 31.6 Å². The minimum atomic E-state index is -3.60. The first kappa shape index (κ1) is 18.0. The van der Waals surface area contributed by atoms with Gasteiger partial charge in [-0.2, -0.15) is 5.10 Å². The number of ether oxygens (including phenoxy) is 2. The van der Waals surface area contributed by atoms with E-state index in [-0.39, 0.29) is 4.90 Å². The maximum absolute atomic E-state index is 12.5. The molecule has 0 spiro atoms. The number of aryl methyl sites for hydroxylation is 1. The average Bonchev–Trinajstić information content (AvgIpc) is 3.30. The molecule has 0 saturated heterocycles. The fourth-order valence-corrected chi connectivity index (χ4v) is 4.83. The van der Waals surface area contributed by atoms with Gasteiger partial charge in [0, 0.05) is 41.2 Å². The summed E-state index contributed by atoms with van der Waals surface area (Å²) in [5.41, 5.74) is 1.06. The van der Waals surface area contributed by atoms with Gasteiger partial charge < -0.3 is 9.47 Å². The molecule has 3 heterocycles. The second kappa shape index (κ2) is 7.34. The number of nitrogens with zero attached hydrogens (tertiary/aromatic N) is 2. The first-order valence-electron chi connectivity index (χ1n) is 8.48. The monoisotopic (exact) mass is 405 g/mol. The van der Waals surface area contributed by atoms with Crippen LogP contribution in [0.25, 0.3) is 10.4 Å². The van der Waals surface area contributed by atoms with Crippen LogP contribution in [0.15, 0.2) is 47.6 Å². The summed E-state index contributed by atoms with van der Waals surface area (Å²) in [5.74, 6) is 1.03. The molecule has 1 N–H and O–H groups in total. The van der Waals surface area contributed by atoms with Crippen molar-refractivity contribution < 1.29 is 17.9 Å². The van der Waals surface area contributed by atoms with Crippen LogP contribution in [0.4, 0.5) is 0 Å². The van der Waals surface area contributed by atoms with E-state index < -0.39 is 10.0 Å². The quantitative estimate of drug-likeness (QED) is 0.681. The molecule has 0 aliphatic carbocycles. The molecule has 0 bridgehead atoms. The zero-order chi connectivity index (χ0) is 18.9. The molecular weight excluding hydrogens is 386 g/mol. The summed E-state index contributed by atoms with van der Waals surface area (Å²) in [4.78, 5) is 2.40. The van der Waals surface area contributed by atoms with Crippen molar-refractivity contribution in [3.05, 3.63) is 47.6 Å². The normalized spacial score (nSPS) is 13.7. The summed E-state index contributed by atoms with van der Waals surface area (Å²) >= 11 is 1.64. The van der Waals surface area contributed by atoms with Crippen LogP contribution in [0.1, 0.15) is 4.88 Å². The highest BCUT2D eigenvalue weighted by atomic mass is 32.2. The number of nitrogens with one attached hydrogen (secondary N) is 1. The number of sulfonamides is 1. The van der Waals surface area contributed by atoms with Gasteiger partial charge in [0.2, 0.25) is 10.0 Å². The maximum atomic E-state index is 12.5. The third kappa shape index (κ3) is 4.00. The molecule has 2 aromatic heterocycles. The summed E-state index contributed by atoms with van der Waals surface area (Å²) in [5, 5.41) is 4.17. The third-order valence-corrected chi connectivity index (χ3v) is 6.79. The molecule has 0 radical (unpaired) electrons. The van der Waals surface area contributed by atoms with Gasteiger partial charge in [0.05, 0.1) is 11.1 Å². The summed E-state index contributed by atoms with van der Waals surface area (Å²) in [7, 11) is -1.72. The van der Waals surface area contributed by atoms with Crippen molar-refractivity contribution in [1.82, 2.24) is 14.5 Å². The van der Waals surface area contributed by atoms with E-state index in [0.29, 0.717) is 37.7 Å². The van der Waals surface area contributed by atoms with Crippen LogP contribution >= 0.6 is 11.3 Å². The SMILES string of the molecule is Cn1cc(-c2ccc(CCNS(=O)(=O)c3ccc4c(c3)OCCO4)s2)cn1. The lowest BCUT2D eigenvalue weighted by Gasteiger charge is -2.18. The van der Waals surface area contributed by atoms with Crippen molar-refractivity contribution in [2.45, 2.75) is 11.3 Å². The Kier molecular flexibility index (Phi) is 4.90. The molecule has 27 heavy (non-hydrogen) atoms. The lowest BCUT2D eigenvalue weighted by Crippen LogP contribution is -2.26. The number of benzene rings is 1. The Labute approximate surface area is 161 Å². The third-order valence-electron chi connectivity index (χ3n) is 4.14. The molecule has 1 aromatic carbocycles. The average molecular weight is 406 g/mol. The molecule has 4 rings (SSSR count).